The van der Waals surface area contributed by atoms with Gasteiger partial charge in [-0.2, -0.15) is 11.8 Å². The molecule has 1 N–H and O–H groups in total. The number of benzene rings is 1. The van der Waals surface area contributed by atoms with Gasteiger partial charge in [-0.1, -0.05) is 0 Å². The lowest BCUT2D eigenvalue weighted by Crippen LogP contribution is -1.89. The third-order valence-electron chi connectivity index (χ3n) is 2.12. The van der Waals surface area contributed by atoms with Crippen LogP contribution in [-0.2, 0) is 6.42 Å². The summed E-state index contributed by atoms with van der Waals surface area (Å²) < 4.78 is 13.7. The fraction of sp³-hybridized carbons (Fsp3) is 0.300. The van der Waals surface area contributed by atoms with E-state index >= 15 is 0 Å². The molecule has 0 aliphatic heterocycles. The van der Waals surface area contributed by atoms with Crippen LogP contribution < -0.4 is 0 Å². The number of aryl methyl sites for hydroxylation is 1. The molecule has 0 saturated heterocycles. The Balaban J connectivity index is 2.38. The molecule has 1 heterocycles. The summed E-state index contributed by atoms with van der Waals surface area (Å²) >= 11 is 4.91. The highest BCUT2D eigenvalue weighted by Crippen LogP contribution is 2.21. The van der Waals surface area contributed by atoms with Crippen LogP contribution in [0.25, 0.3) is 11.0 Å². The minimum Gasteiger partial charge on any atom is -0.342 e. The molecule has 0 spiro atoms. The van der Waals surface area contributed by atoms with E-state index in [1.165, 1.54) is 6.07 Å². The molecule has 2 aromatic rings. The minimum absolute atomic E-state index is 0.262. The normalized spacial score (nSPS) is 11.1. The van der Waals surface area contributed by atoms with E-state index in [0.29, 0.717) is 4.47 Å². The average Bonchev–Trinajstić information content (AvgIpc) is 2.58. The van der Waals surface area contributed by atoms with Crippen molar-refractivity contribution in [3.05, 3.63) is 28.2 Å². The lowest BCUT2D eigenvalue weighted by Gasteiger charge is -1.92. The molecule has 0 radical (unpaired) electrons. The number of fused-ring (bicyclic) bond motifs is 1. The van der Waals surface area contributed by atoms with E-state index in [1.807, 2.05) is 0 Å². The van der Waals surface area contributed by atoms with Gasteiger partial charge in [0, 0.05) is 18.2 Å². The second-order valence-electron chi connectivity index (χ2n) is 3.21. The molecule has 15 heavy (non-hydrogen) atoms. The van der Waals surface area contributed by atoms with E-state index in [9.17, 15) is 4.39 Å². The molecule has 0 saturated carbocycles. The molecule has 2 rings (SSSR count). The van der Waals surface area contributed by atoms with Gasteiger partial charge in [0.15, 0.2) is 0 Å². The summed E-state index contributed by atoms with van der Waals surface area (Å²) in [5.74, 6) is 1.67. The first kappa shape index (κ1) is 11.0. The second-order valence-corrected chi connectivity index (χ2v) is 5.05. The number of H-pyrrole nitrogens is 1. The molecule has 0 aliphatic carbocycles. The summed E-state index contributed by atoms with van der Waals surface area (Å²) in [6, 6.07) is 3.17. The molecule has 2 nitrogen and oxygen atoms in total. The smallest absolute Gasteiger partial charge is 0.139 e. The fourth-order valence-corrected chi connectivity index (χ4v) is 2.10. The fourth-order valence-electron chi connectivity index (χ4n) is 1.37. The van der Waals surface area contributed by atoms with E-state index in [0.717, 1.165) is 29.0 Å². The molecular weight excluding hydrogens is 279 g/mol. The van der Waals surface area contributed by atoms with Crippen LogP contribution in [0.5, 0.6) is 0 Å². The van der Waals surface area contributed by atoms with Crippen LogP contribution in [0.3, 0.4) is 0 Å². The van der Waals surface area contributed by atoms with Gasteiger partial charge in [-0.3, -0.25) is 0 Å². The molecule has 80 valence electrons. The van der Waals surface area contributed by atoms with Gasteiger partial charge in [-0.05, 0) is 28.3 Å². The molecule has 0 fully saturated rings. The first-order chi connectivity index (χ1) is 7.20. The lowest BCUT2D eigenvalue weighted by molar-refractivity contribution is 0.623. The van der Waals surface area contributed by atoms with Crippen LogP contribution in [0, 0.1) is 5.82 Å². The Morgan fingerprint density at radius 3 is 3.07 bits per heavy atom. The Bertz CT molecular complexity index is 444. The van der Waals surface area contributed by atoms with Crippen molar-refractivity contribution < 1.29 is 4.39 Å². The van der Waals surface area contributed by atoms with Crippen molar-refractivity contribution >= 4 is 38.7 Å². The third-order valence-corrected chi connectivity index (χ3v) is 3.34. The maximum Gasteiger partial charge on any atom is 0.139 e. The average molecular weight is 289 g/mol. The first-order valence-corrected chi connectivity index (χ1v) is 6.72. The van der Waals surface area contributed by atoms with E-state index in [4.69, 9.17) is 0 Å². The Morgan fingerprint density at radius 1 is 1.53 bits per heavy atom. The predicted molar refractivity (Wildman–Crippen MR) is 65.8 cm³/mol. The number of nitrogens with one attached hydrogen (secondary N) is 1. The predicted octanol–water partition coefficient (Wildman–Crippen LogP) is 3.37. The standard InChI is InChI=1S/C10H10BrFN2S/c1-15-3-2-10-13-8-4-6(11)7(12)5-9(8)14-10/h4-5H,2-3H2,1H3,(H,13,14). The summed E-state index contributed by atoms with van der Waals surface area (Å²) in [7, 11) is 0. The van der Waals surface area contributed by atoms with Gasteiger partial charge in [0.05, 0.1) is 15.5 Å². The molecular formula is C10H10BrFN2S. The monoisotopic (exact) mass is 288 g/mol. The number of aromatic amines is 1. The number of aromatic nitrogens is 2. The summed E-state index contributed by atoms with van der Waals surface area (Å²) in [5, 5.41) is 0. The van der Waals surface area contributed by atoms with E-state index in [-0.39, 0.29) is 5.82 Å². The molecule has 0 unspecified atom stereocenters. The third kappa shape index (κ3) is 2.34. The van der Waals surface area contributed by atoms with Crippen molar-refractivity contribution in [3.63, 3.8) is 0 Å². The summed E-state index contributed by atoms with van der Waals surface area (Å²) in [6.45, 7) is 0. The van der Waals surface area contributed by atoms with Gasteiger partial charge in [0.1, 0.15) is 11.6 Å². The number of imidazole rings is 1. The zero-order valence-electron chi connectivity index (χ0n) is 8.18. The Labute approximate surface area is 99.8 Å². The minimum atomic E-state index is -0.262. The van der Waals surface area contributed by atoms with Crippen LogP contribution in [0.2, 0.25) is 0 Å². The lowest BCUT2D eigenvalue weighted by atomic mass is 10.3. The van der Waals surface area contributed by atoms with Crippen molar-refractivity contribution in [1.29, 1.82) is 0 Å². The molecule has 0 aliphatic rings. The van der Waals surface area contributed by atoms with Gasteiger partial charge >= 0.3 is 0 Å². The van der Waals surface area contributed by atoms with Gasteiger partial charge in [0.25, 0.3) is 0 Å². The molecule has 0 amide bonds. The van der Waals surface area contributed by atoms with Gasteiger partial charge in [-0.25, -0.2) is 9.37 Å². The van der Waals surface area contributed by atoms with E-state index in [2.05, 4.69) is 32.2 Å². The Kier molecular flexibility index (Phi) is 3.31. The van der Waals surface area contributed by atoms with Crippen LogP contribution >= 0.6 is 27.7 Å². The molecule has 1 aromatic heterocycles. The highest BCUT2D eigenvalue weighted by atomic mass is 79.9. The van der Waals surface area contributed by atoms with Crippen molar-refractivity contribution in [1.82, 2.24) is 9.97 Å². The van der Waals surface area contributed by atoms with Gasteiger partial charge in [-0.15, -0.1) is 0 Å². The Morgan fingerprint density at radius 2 is 2.33 bits per heavy atom. The quantitative estimate of drug-likeness (QED) is 0.938. The zero-order chi connectivity index (χ0) is 10.8. The SMILES string of the molecule is CSCCc1nc2cc(Br)c(F)cc2[nH]1. The van der Waals surface area contributed by atoms with Crippen molar-refractivity contribution in [2.45, 2.75) is 6.42 Å². The van der Waals surface area contributed by atoms with E-state index < -0.39 is 0 Å². The van der Waals surface area contributed by atoms with Crippen molar-refractivity contribution in [2.75, 3.05) is 12.0 Å². The first-order valence-electron chi connectivity index (χ1n) is 4.53. The maximum atomic E-state index is 13.2. The van der Waals surface area contributed by atoms with Crippen LogP contribution in [0.1, 0.15) is 5.82 Å². The highest BCUT2D eigenvalue weighted by Gasteiger charge is 2.06. The molecule has 5 heteroatoms. The second kappa shape index (κ2) is 4.53. The van der Waals surface area contributed by atoms with Gasteiger partial charge in [0.2, 0.25) is 0 Å². The topological polar surface area (TPSA) is 28.7 Å². The number of thioether (sulfide) groups is 1. The number of halogens is 2. The van der Waals surface area contributed by atoms with Crippen molar-refractivity contribution in [2.24, 2.45) is 0 Å². The summed E-state index contributed by atoms with van der Waals surface area (Å²) in [4.78, 5) is 7.50. The number of nitrogens with zero attached hydrogens (tertiary/aromatic N) is 1. The Hall–Kier alpha value is -0.550. The number of hydrogen-bond donors (Lipinski definition) is 1. The maximum absolute atomic E-state index is 13.2. The molecule has 0 atom stereocenters. The van der Waals surface area contributed by atoms with Crippen LogP contribution in [0.4, 0.5) is 4.39 Å². The van der Waals surface area contributed by atoms with E-state index in [1.54, 1.807) is 17.8 Å². The van der Waals surface area contributed by atoms with Crippen molar-refractivity contribution in [3.8, 4) is 0 Å². The largest absolute Gasteiger partial charge is 0.342 e. The summed E-state index contributed by atoms with van der Waals surface area (Å²) in [5.41, 5.74) is 1.56. The zero-order valence-corrected chi connectivity index (χ0v) is 10.6. The molecule has 0 bridgehead atoms. The van der Waals surface area contributed by atoms with Crippen LogP contribution in [-0.4, -0.2) is 22.0 Å². The number of rotatable bonds is 3. The van der Waals surface area contributed by atoms with Crippen LogP contribution in [0.15, 0.2) is 16.6 Å². The number of hydrogen-bond acceptors (Lipinski definition) is 2. The summed E-state index contributed by atoms with van der Waals surface area (Å²) in [6.07, 6.45) is 2.94. The molecule has 1 aromatic carbocycles. The highest BCUT2D eigenvalue weighted by molar-refractivity contribution is 9.10. The van der Waals surface area contributed by atoms with Gasteiger partial charge < -0.3 is 4.98 Å².